The zero-order chi connectivity index (χ0) is 17.0. The third kappa shape index (κ3) is 2.54. The van der Waals surface area contributed by atoms with E-state index in [0.29, 0.717) is 0 Å². The smallest absolute Gasteiger partial charge is 0.0671 e. The fraction of sp³-hybridized carbons (Fsp3) is 0. The number of benzene rings is 3. The number of fused-ring (bicyclic) bond motifs is 3. The SMILES string of the molecule is Clc1ccc2c(Cl)c(-c3cccc4c3Nc3ccccc3S4)sc2c1. The Labute approximate surface area is 163 Å². The highest BCUT2D eigenvalue weighted by molar-refractivity contribution is 7.99. The van der Waals surface area contributed by atoms with E-state index in [1.54, 1.807) is 23.1 Å². The highest BCUT2D eigenvalue weighted by Gasteiger charge is 2.21. The molecule has 0 radical (unpaired) electrons. The van der Waals surface area contributed by atoms with Crippen LogP contribution in [0.2, 0.25) is 10.0 Å². The maximum Gasteiger partial charge on any atom is 0.0671 e. The summed E-state index contributed by atoms with van der Waals surface area (Å²) in [6, 6.07) is 20.6. The minimum Gasteiger partial charge on any atom is -0.353 e. The Hall–Kier alpha value is -1.65. The van der Waals surface area contributed by atoms with Gasteiger partial charge in [-0.15, -0.1) is 11.3 Å². The summed E-state index contributed by atoms with van der Waals surface area (Å²) in [5.74, 6) is 0. The molecule has 5 rings (SSSR count). The molecule has 1 N–H and O–H groups in total. The average Bonchev–Trinajstić information content (AvgIpc) is 2.95. The van der Waals surface area contributed by atoms with Gasteiger partial charge in [-0.1, -0.05) is 65.3 Å². The van der Waals surface area contributed by atoms with Crippen LogP contribution in [0.15, 0.2) is 70.5 Å². The first-order valence-electron chi connectivity index (χ1n) is 7.75. The number of halogens is 2. The highest BCUT2D eigenvalue weighted by Crippen LogP contribution is 2.51. The summed E-state index contributed by atoms with van der Waals surface area (Å²) in [4.78, 5) is 3.52. The second kappa shape index (κ2) is 5.96. The van der Waals surface area contributed by atoms with Gasteiger partial charge in [-0.05, 0) is 30.3 Å². The van der Waals surface area contributed by atoms with Crippen LogP contribution < -0.4 is 5.32 Å². The molecule has 0 aliphatic carbocycles. The molecule has 0 saturated heterocycles. The van der Waals surface area contributed by atoms with Crippen molar-refractivity contribution >= 4 is 67.8 Å². The van der Waals surface area contributed by atoms with Crippen LogP contribution in [-0.4, -0.2) is 0 Å². The molecule has 1 aliphatic heterocycles. The Morgan fingerprint density at radius 3 is 2.60 bits per heavy atom. The van der Waals surface area contributed by atoms with Crippen molar-refractivity contribution in [2.45, 2.75) is 9.79 Å². The van der Waals surface area contributed by atoms with Gasteiger partial charge in [0.05, 0.1) is 21.3 Å². The third-order valence-electron chi connectivity index (χ3n) is 4.23. The molecule has 1 aliphatic rings. The summed E-state index contributed by atoms with van der Waals surface area (Å²) < 4.78 is 1.11. The van der Waals surface area contributed by atoms with E-state index in [1.165, 1.54) is 9.79 Å². The Bertz CT molecular complexity index is 1130. The van der Waals surface area contributed by atoms with Crippen molar-refractivity contribution in [3.63, 3.8) is 0 Å². The zero-order valence-corrected chi connectivity index (χ0v) is 16.0. The van der Waals surface area contributed by atoms with Crippen molar-refractivity contribution in [1.82, 2.24) is 0 Å². The fourth-order valence-electron chi connectivity index (χ4n) is 3.06. The summed E-state index contributed by atoms with van der Waals surface area (Å²) in [7, 11) is 0. The molecule has 4 aromatic rings. The van der Waals surface area contributed by atoms with Crippen molar-refractivity contribution in [2.75, 3.05) is 5.32 Å². The summed E-state index contributed by atoms with van der Waals surface area (Å²) >= 11 is 16.3. The second-order valence-electron chi connectivity index (χ2n) is 5.79. The minimum absolute atomic E-state index is 0.731. The van der Waals surface area contributed by atoms with Gasteiger partial charge >= 0.3 is 0 Å². The number of para-hydroxylation sites is 2. The second-order valence-corrected chi connectivity index (χ2v) is 8.74. The summed E-state index contributed by atoms with van der Waals surface area (Å²) in [6.45, 7) is 0. The number of rotatable bonds is 1. The number of hydrogen-bond donors (Lipinski definition) is 1. The number of thiophene rings is 1. The molecule has 3 aromatic carbocycles. The van der Waals surface area contributed by atoms with Crippen LogP contribution in [0.1, 0.15) is 0 Å². The van der Waals surface area contributed by atoms with Crippen molar-refractivity contribution in [2.24, 2.45) is 0 Å². The lowest BCUT2D eigenvalue weighted by Crippen LogP contribution is -2.01. The van der Waals surface area contributed by atoms with Gasteiger partial charge in [0.2, 0.25) is 0 Å². The molecule has 1 aromatic heterocycles. The first-order valence-corrected chi connectivity index (χ1v) is 10.1. The van der Waals surface area contributed by atoms with Gasteiger partial charge in [0, 0.05) is 30.5 Å². The molecule has 0 unspecified atom stereocenters. The third-order valence-corrected chi connectivity index (χ3v) is 7.29. The fourth-order valence-corrected chi connectivity index (χ4v) is 5.92. The van der Waals surface area contributed by atoms with Crippen LogP contribution in [0, 0.1) is 0 Å². The number of nitrogens with one attached hydrogen (secondary N) is 1. The summed E-state index contributed by atoms with van der Waals surface area (Å²) in [5.41, 5.74) is 3.38. The van der Waals surface area contributed by atoms with E-state index >= 15 is 0 Å². The highest BCUT2D eigenvalue weighted by atomic mass is 35.5. The molecular weight excluding hydrogens is 389 g/mol. The van der Waals surface area contributed by atoms with E-state index in [-0.39, 0.29) is 0 Å². The lowest BCUT2D eigenvalue weighted by Gasteiger charge is -2.23. The van der Waals surface area contributed by atoms with Crippen molar-refractivity contribution < 1.29 is 0 Å². The Kier molecular flexibility index (Phi) is 3.72. The van der Waals surface area contributed by atoms with Crippen molar-refractivity contribution in [1.29, 1.82) is 0 Å². The van der Waals surface area contributed by atoms with Gasteiger partial charge < -0.3 is 5.32 Å². The maximum absolute atomic E-state index is 6.72. The molecule has 1 nitrogen and oxygen atoms in total. The quantitative estimate of drug-likeness (QED) is 0.305. The van der Waals surface area contributed by atoms with Gasteiger partial charge in [0.25, 0.3) is 0 Å². The minimum atomic E-state index is 0.731. The monoisotopic (exact) mass is 399 g/mol. The molecule has 0 spiro atoms. The molecule has 0 saturated carbocycles. The molecular formula is C20H11Cl2NS2. The van der Waals surface area contributed by atoms with Gasteiger partial charge in [0.15, 0.2) is 0 Å². The Morgan fingerprint density at radius 1 is 0.840 bits per heavy atom. The lowest BCUT2D eigenvalue weighted by molar-refractivity contribution is 1.32. The largest absolute Gasteiger partial charge is 0.353 e. The first-order chi connectivity index (χ1) is 12.2. The summed E-state index contributed by atoms with van der Waals surface area (Å²) in [5, 5.41) is 6.16. The van der Waals surface area contributed by atoms with Crippen LogP contribution in [0.5, 0.6) is 0 Å². The van der Waals surface area contributed by atoms with Gasteiger partial charge in [-0.2, -0.15) is 0 Å². The van der Waals surface area contributed by atoms with Crippen LogP contribution in [0.3, 0.4) is 0 Å². The van der Waals surface area contributed by atoms with Crippen LogP contribution in [-0.2, 0) is 0 Å². The van der Waals surface area contributed by atoms with E-state index in [1.807, 2.05) is 18.2 Å². The number of anilines is 2. The zero-order valence-electron chi connectivity index (χ0n) is 12.8. The standard InChI is InChI=1S/C20H11Cl2NS2/c21-11-8-9-12-17(10-11)25-20(18(12)22)13-4-3-7-16-19(13)23-14-5-1-2-6-15(14)24-16/h1-10,23H. The molecule has 0 fully saturated rings. The lowest BCUT2D eigenvalue weighted by atomic mass is 10.1. The van der Waals surface area contributed by atoms with Crippen molar-refractivity contribution in [3.8, 4) is 10.4 Å². The molecule has 0 amide bonds. The predicted molar refractivity (Wildman–Crippen MR) is 111 cm³/mol. The van der Waals surface area contributed by atoms with E-state index in [2.05, 4.69) is 47.8 Å². The maximum atomic E-state index is 6.72. The van der Waals surface area contributed by atoms with E-state index < -0.39 is 0 Å². The van der Waals surface area contributed by atoms with Gasteiger partial charge in [0.1, 0.15) is 0 Å². The molecule has 122 valence electrons. The topological polar surface area (TPSA) is 12.0 Å². The van der Waals surface area contributed by atoms with Gasteiger partial charge in [-0.25, -0.2) is 0 Å². The summed E-state index contributed by atoms with van der Waals surface area (Å²) in [6.07, 6.45) is 0. The molecule has 5 heteroatoms. The van der Waals surface area contributed by atoms with Crippen LogP contribution in [0.25, 0.3) is 20.5 Å². The average molecular weight is 400 g/mol. The normalized spacial score (nSPS) is 12.6. The molecule has 2 heterocycles. The van der Waals surface area contributed by atoms with E-state index in [0.717, 1.165) is 41.9 Å². The van der Waals surface area contributed by atoms with Crippen LogP contribution in [0.4, 0.5) is 11.4 Å². The van der Waals surface area contributed by atoms with E-state index in [9.17, 15) is 0 Å². The van der Waals surface area contributed by atoms with Crippen LogP contribution >= 0.6 is 46.3 Å². The van der Waals surface area contributed by atoms with E-state index in [4.69, 9.17) is 23.2 Å². The number of hydrogen-bond acceptors (Lipinski definition) is 3. The molecule has 0 atom stereocenters. The Morgan fingerprint density at radius 2 is 1.68 bits per heavy atom. The Balaban J connectivity index is 1.71. The predicted octanol–water partition coefficient (Wildman–Crippen LogP) is 8.08. The van der Waals surface area contributed by atoms with Crippen molar-refractivity contribution in [3.05, 3.63) is 70.7 Å². The molecule has 0 bridgehead atoms. The first kappa shape index (κ1) is 15.6. The molecule has 25 heavy (non-hydrogen) atoms. The van der Waals surface area contributed by atoms with Gasteiger partial charge in [-0.3, -0.25) is 0 Å².